The maximum Gasteiger partial charge on any atom is 0.191 e. The van der Waals surface area contributed by atoms with Gasteiger partial charge in [0.05, 0.1) is 13.2 Å². The summed E-state index contributed by atoms with van der Waals surface area (Å²) in [5, 5.41) is 6.95. The highest BCUT2D eigenvalue weighted by atomic mass is 127. The molecule has 1 fully saturated rings. The molecule has 0 aromatic heterocycles. The van der Waals surface area contributed by atoms with Crippen LogP contribution >= 0.6 is 24.0 Å². The zero-order valence-electron chi connectivity index (χ0n) is 17.1. The van der Waals surface area contributed by atoms with Crippen molar-refractivity contribution in [1.82, 2.24) is 10.6 Å². The van der Waals surface area contributed by atoms with E-state index >= 15 is 0 Å². The van der Waals surface area contributed by atoms with Crippen LogP contribution in [0.25, 0.3) is 0 Å². The average molecular weight is 489 g/mol. The van der Waals surface area contributed by atoms with E-state index in [1.54, 1.807) is 14.2 Å². The zero-order chi connectivity index (χ0) is 18.7. The Kier molecular flexibility index (Phi) is 11.9. The van der Waals surface area contributed by atoms with Crippen molar-refractivity contribution in [1.29, 1.82) is 0 Å². The number of rotatable bonds is 10. The van der Waals surface area contributed by atoms with Crippen LogP contribution in [0.3, 0.4) is 0 Å². The minimum Gasteiger partial charge on any atom is -0.385 e. The maximum absolute atomic E-state index is 5.33. The predicted molar refractivity (Wildman–Crippen MR) is 123 cm³/mol. The number of ether oxygens (including phenoxy) is 2. The molecule has 1 aromatic rings. The van der Waals surface area contributed by atoms with Crippen molar-refractivity contribution < 1.29 is 9.47 Å². The molecule has 0 spiro atoms. The van der Waals surface area contributed by atoms with Gasteiger partial charge in [-0.05, 0) is 42.7 Å². The lowest BCUT2D eigenvalue weighted by atomic mass is 9.83. The third-order valence-corrected chi connectivity index (χ3v) is 5.23. The molecule has 0 amide bonds. The second-order valence-electron chi connectivity index (χ2n) is 7.25. The summed E-state index contributed by atoms with van der Waals surface area (Å²) in [7, 11) is 3.51. The maximum atomic E-state index is 5.33. The quantitative estimate of drug-likeness (QED) is 0.295. The molecule has 0 bridgehead atoms. The first-order valence-corrected chi connectivity index (χ1v) is 9.79. The molecule has 0 saturated heterocycles. The molecular weight excluding hydrogens is 453 g/mol. The molecular formula is C21H36IN3O2. The Hall–Kier alpha value is -0.860. The lowest BCUT2D eigenvalue weighted by Crippen LogP contribution is -2.43. The third kappa shape index (κ3) is 8.35. The smallest absolute Gasteiger partial charge is 0.191 e. The topological polar surface area (TPSA) is 54.9 Å². The molecule has 2 rings (SSSR count). The summed E-state index contributed by atoms with van der Waals surface area (Å²) in [6.45, 7) is 6.10. The van der Waals surface area contributed by atoms with Crippen molar-refractivity contribution in [3.63, 3.8) is 0 Å². The van der Waals surface area contributed by atoms with Gasteiger partial charge in [0.15, 0.2) is 5.96 Å². The van der Waals surface area contributed by atoms with Crippen molar-refractivity contribution in [2.24, 2.45) is 10.4 Å². The number of hydrogen-bond donors (Lipinski definition) is 2. The van der Waals surface area contributed by atoms with Gasteiger partial charge in [0.1, 0.15) is 0 Å². The minimum atomic E-state index is 0. The number of halogens is 1. The lowest BCUT2D eigenvalue weighted by molar-refractivity contribution is 0.138. The first-order valence-electron chi connectivity index (χ1n) is 9.79. The summed E-state index contributed by atoms with van der Waals surface area (Å²) in [5.41, 5.74) is 2.75. The molecule has 0 unspecified atom stereocenters. The molecule has 6 heteroatoms. The van der Waals surface area contributed by atoms with Crippen molar-refractivity contribution in [3.05, 3.63) is 35.4 Å². The fourth-order valence-electron chi connectivity index (χ4n) is 3.65. The Balaban J connectivity index is 0.00000364. The number of methoxy groups -OCH3 is 2. The molecule has 1 saturated carbocycles. The fourth-order valence-corrected chi connectivity index (χ4v) is 3.65. The van der Waals surface area contributed by atoms with E-state index in [0.29, 0.717) is 18.6 Å². The van der Waals surface area contributed by atoms with Crippen LogP contribution < -0.4 is 10.6 Å². The van der Waals surface area contributed by atoms with Crippen LogP contribution in [0.15, 0.2) is 29.3 Å². The number of guanidine groups is 1. The normalized spacial score (nSPS) is 16.0. The molecule has 1 aliphatic rings. The van der Waals surface area contributed by atoms with Gasteiger partial charge in [0.2, 0.25) is 0 Å². The average Bonchev–Trinajstić information content (AvgIpc) is 3.13. The summed E-state index contributed by atoms with van der Waals surface area (Å²) >= 11 is 0. The molecule has 1 aromatic carbocycles. The van der Waals surface area contributed by atoms with Crippen molar-refractivity contribution >= 4 is 29.9 Å². The van der Waals surface area contributed by atoms with E-state index in [-0.39, 0.29) is 24.0 Å². The van der Waals surface area contributed by atoms with Crippen molar-refractivity contribution in [3.8, 4) is 0 Å². The first kappa shape index (κ1) is 24.2. The Morgan fingerprint density at radius 1 is 1.04 bits per heavy atom. The van der Waals surface area contributed by atoms with Crippen LogP contribution in [-0.2, 0) is 22.6 Å². The highest BCUT2D eigenvalue weighted by molar-refractivity contribution is 14.0. The molecule has 2 N–H and O–H groups in total. The number of benzene rings is 1. The van der Waals surface area contributed by atoms with Crippen LogP contribution in [0, 0.1) is 5.41 Å². The van der Waals surface area contributed by atoms with Crippen LogP contribution in [0.1, 0.15) is 50.2 Å². The first-order chi connectivity index (χ1) is 12.7. The van der Waals surface area contributed by atoms with E-state index in [9.17, 15) is 0 Å². The van der Waals surface area contributed by atoms with Gasteiger partial charge in [0.25, 0.3) is 0 Å². The van der Waals surface area contributed by atoms with Gasteiger partial charge in [-0.2, -0.15) is 0 Å². The predicted octanol–water partition coefficient (Wildman–Crippen LogP) is 4.10. The van der Waals surface area contributed by atoms with Crippen LogP contribution in [0.2, 0.25) is 0 Å². The Bertz CT molecular complexity index is 543. The van der Waals surface area contributed by atoms with Gasteiger partial charge >= 0.3 is 0 Å². The molecule has 154 valence electrons. The van der Waals surface area contributed by atoms with Crippen molar-refractivity contribution in [2.45, 2.75) is 52.2 Å². The highest BCUT2D eigenvalue weighted by Crippen LogP contribution is 2.40. The van der Waals surface area contributed by atoms with E-state index in [1.807, 2.05) is 0 Å². The molecule has 27 heavy (non-hydrogen) atoms. The lowest BCUT2D eigenvalue weighted by Gasteiger charge is -2.30. The largest absolute Gasteiger partial charge is 0.385 e. The molecule has 0 aliphatic heterocycles. The van der Waals surface area contributed by atoms with E-state index in [4.69, 9.17) is 14.5 Å². The van der Waals surface area contributed by atoms with Gasteiger partial charge in [-0.1, -0.05) is 37.1 Å². The molecule has 5 nitrogen and oxygen atoms in total. The van der Waals surface area contributed by atoms with Gasteiger partial charge in [-0.25, -0.2) is 4.99 Å². The van der Waals surface area contributed by atoms with E-state index in [0.717, 1.165) is 32.1 Å². The van der Waals surface area contributed by atoms with Crippen molar-refractivity contribution in [2.75, 3.05) is 33.9 Å². The Labute approximate surface area is 181 Å². The van der Waals surface area contributed by atoms with E-state index < -0.39 is 0 Å². The summed E-state index contributed by atoms with van der Waals surface area (Å²) in [6, 6.07) is 8.46. The summed E-state index contributed by atoms with van der Waals surface area (Å²) in [6.07, 6.45) is 6.34. The van der Waals surface area contributed by atoms with Gasteiger partial charge in [0, 0.05) is 33.9 Å². The van der Waals surface area contributed by atoms with Crippen LogP contribution in [-0.4, -0.2) is 39.9 Å². The number of nitrogens with zero attached hydrogens (tertiary/aromatic N) is 1. The minimum absolute atomic E-state index is 0. The summed E-state index contributed by atoms with van der Waals surface area (Å²) < 4.78 is 10.5. The van der Waals surface area contributed by atoms with Gasteiger partial charge in [-0.15, -0.1) is 24.0 Å². The second kappa shape index (κ2) is 13.3. The molecule has 1 aliphatic carbocycles. The van der Waals surface area contributed by atoms with E-state index in [1.165, 1.54) is 36.8 Å². The molecule has 0 heterocycles. The van der Waals surface area contributed by atoms with Gasteiger partial charge < -0.3 is 20.1 Å². The molecule has 0 atom stereocenters. The standard InChI is InChI=1S/C21H35N3O2.HI/c1-4-22-20(23-15-18-7-9-19(10-8-18)16-26-3)24-17-21(13-14-25-2)11-5-6-12-21;/h7-10H,4-6,11-17H2,1-3H3,(H2,22,23,24);1H. The summed E-state index contributed by atoms with van der Waals surface area (Å²) in [4.78, 5) is 4.76. The second-order valence-corrected chi connectivity index (χ2v) is 7.25. The highest BCUT2D eigenvalue weighted by Gasteiger charge is 2.33. The monoisotopic (exact) mass is 489 g/mol. The third-order valence-electron chi connectivity index (χ3n) is 5.23. The SMILES string of the molecule is CCNC(=NCc1ccc(COC)cc1)NCC1(CCOC)CCCC1.I. The summed E-state index contributed by atoms with van der Waals surface area (Å²) in [5.74, 6) is 0.900. The zero-order valence-corrected chi connectivity index (χ0v) is 19.4. The fraction of sp³-hybridized carbons (Fsp3) is 0.667. The van der Waals surface area contributed by atoms with Crippen LogP contribution in [0.5, 0.6) is 0 Å². The number of hydrogen-bond acceptors (Lipinski definition) is 3. The Morgan fingerprint density at radius 2 is 1.70 bits per heavy atom. The van der Waals surface area contributed by atoms with Crippen LogP contribution in [0.4, 0.5) is 0 Å². The number of aliphatic imine (C=N–C) groups is 1. The number of nitrogens with one attached hydrogen (secondary N) is 2. The molecule has 0 radical (unpaired) electrons. The Morgan fingerprint density at radius 3 is 2.30 bits per heavy atom. The van der Waals surface area contributed by atoms with E-state index in [2.05, 4.69) is 41.8 Å². The van der Waals surface area contributed by atoms with Gasteiger partial charge in [-0.3, -0.25) is 0 Å².